The zero-order chi connectivity index (χ0) is 14.9. The second kappa shape index (κ2) is 5.41. The average Bonchev–Trinajstić information content (AvgIpc) is 2.69. The molecule has 1 N–H and O–H groups in total. The molecule has 0 aliphatic carbocycles. The second-order valence-electron chi connectivity index (χ2n) is 3.89. The van der Waals surface area contributed by atoms with Crippen molar-refractivity contribution in [1.82, 2.24) is 4.98 Å². The van der Waals surface area contributed by atoms with E-state index in [4.69, 9.17) is 11.6 Å². The standard InChI is InChI=1S/C12H8ClF3N2OS/c1-6-9(7-3-2-4-8(13)5-7)17-11(20-6)18-10(19)12(14,15)16/h2-5H,1H3,(H,17,18,19). The predicted molar refractivity (Wildman–Crippen MR) is 72.0 cm³/mol. The zero-order valence-electron chi connectivity index (χ0n) is 10.1. The summed E-state index contributed by atoms with van der Waals surface area (Å²) in [6.45, 7) is 1.71. The molecule has 0 saturated heterocycles. The molecule has 0 aliphatic rings. The van der Waals surface area contributed by atoms with Crippen molar-refractivity contribution in [3.63, 3.8) is 0 Å². The van der Waals surface area contributed by atoms with Gasteiger partial charge in [0.1, 0.15) is 0 Å². The van der Waals surface area contributed by atoms with E-state index in [1.807, 2.05) is 0 Å². The number of anilines is 1. The summed E-state index contributed by atoms with van der Waals surface area (Å²) in [5.41, 5.74) is 1.17. The molecule has 0 radical (unpaired) electrons. The number of amides is 1. The van der Waals surface area contributed by atoms with E-state index in [2.05, 4.69) is 4.98 Å². The lowest BCUT2D eigenvalue weighted by atomic mass is 10.1. The first-order valence-corrected chi connectivity index (χ1v) is 6.58. The smallest absolute Gasteiger partial charge is 0.294 e. The van der Waals surface area contributed by atoms with Crippen molar-refractivity contribution in [2.24, 2.45) is 0 Å². The van der Waals surface area contributed by atoms with Crippen LogP contribution in [0.5, 0.6) is 0 Å². The highest BCUT2D eigenvalue weighted by Gasteiger charge is 2.39. The molecule has 0 spiro atoms. The quantitative estimate of drug-likeness (QED) is 0.897. The monoisotopic (exact) mass is 320 g/mol. The Morgan fingerprint density at radius 1 is 1.40 bits per heavy atom. The van der Waals surface area contributed by atoms with Crippen LogP contribution < -0.4 is 5.32 Å². The molecular formula is C12H8ClF3N2OS. The minimum absolute atomic E-state index is 0.0974. The number of nitrogens with one attached hydrogen (secondary N) is 1. The van der Waals surface area contributed by atoms with E-state index < -0.39 is 12.1 Å². The number of hydrogen-bond acceptors (Lipinski definition) is 3. The van der Waals surface area contributed by atoms with Crippen molar-refractivity contribution in [3.05, 3.63) is 34.2 Å². The lowest BCUT2D eigenvalue weighted by Gasteiger charge is -2.04. The molecule has 0 bridgehead atoms. The molecule has 2 rings (SSSR count). The van der Waals surface area contributed by atoms with Crippen molar-refractivity contribution < 1.29 is 18.0 Å². The van der Waals surface area contributed by atoms with Crippen LogP contribution in [0.25, 0.3) is 11.3 Å². The Kier molecular flexibility index (Phi) is 4.01. The van der Waals surface area contributed by atoms with Crippen molar-refractivity contribution in [3.8, 4) is 11.3 Å². The molecule has 0 unspecified atom stereocenters. The maximum absolute atomic E-state index is 12.2. The highest BCUT2D eigenvalue weighted by Crippen LogP contribution is 2.32. The number of halogens is 4. The number of aryl methyl sites for hydroxylation is 1. The largest absolute Gasteiger partial charge is 0.471 e. The van der Waals surface area contributed by atoms with Crippen LogP contribution in [0, 0.1) is 6.92 Å². The van der Waals surface area contributed by atoms with Gasteiger partial charge < -0.3 is 0 Å². The summed E-state index contributed by atoms with van der Waals surface area (Å²) in [7, 11) is 0. The number of hydrogen-bond donors (Lipinski definition) is 1. The number of thiazole rings is 1. The summed E-state index contributed by atoms with van der Waals surface area (Å²) < 4.78 is 36.5. The fraction of sp³-hybridized carbons (Fsp3) is 0.167. The summed E-state index contributed by atoms with van der Waals surface area (Å²) in [6.07, 6.45) is -4.93. The van der Waals surface area contributed by atoms with Crippen LogP contribution >= 0.6 is 22.9 Å². The molecule has 0 atom stereocenters. The summed E-state index contributed by atoms with van der Waals surface area (Å²) in [5.74, 6) is -2.04. The second-order valence-corrected chi connectivity index (χ2v) is 5.53. The van der Waals surface area contributed by atoms with Crippen molar-refractivity contribution in [2.75, 3.05) is 5.32 Å². The molecule has 1 aromatic carbocycles. The fourth-order valence-electron chi connectivity index (χ4n) is 1.52. The molecule has 106 valence electrons. The number of carbonyl (C=O) groups is 1. The van der Waals surface area contributed by atoms with E-state index in [1.54, 1.807) is 36.5 Å². The van der Waals surface area contributed by atoms with Crippen molar-refractivity contribution in [1.29, 1.82) is 0 Å². The van der Waals surface area contributed by atoms with Crippen LogP contribution in [0.15, 0.2) is 24.3 Å². The van der Waals surface area contributed by atoms with Crippen LogP contribution in [0.1, 0.15) is 4.88 Å². The Bertz CT molecular complexity index is 654. The topological polar surface area (TPSA) is 42.0 Å². The normalized spacial score (nSPS) is 11.4. The van der Waals surface area contributed by atoms with E-state index in [0.717, 1.165) is 11.3 Å². The van der Waals surface area contributed by atoms with Gasteiger partial charge in [0, 0.05) is 15.5 Å². The average molecular weight is 321 g/mol. The third-order valence-electron chi connectivity index (χ3n) is 2.37. The highest BCUT2D eigenvalue weighted by molar-refractivity contribution is 7.16. The van der Waals surface area contributed by atoms with Crippen LogP contribution in [0.3, 0.4) is 0 Å². The maximum atomic E-state index is 12.2. The van der Waals surface area contributed by atoms with Gasteiger partial charge in [-0.25, -0.2) is 4.98 Å². The van der Waals surface area contributed by atoms with Gasteiger partial charge in [-0.1, -0.05) is 23.7 Å². The van der Waals surface area contributed by atoms with E-state index in [0.29, 0.717) is 21.2 Å². The Balaban J connectivity index is 2.29. The third kappa shape index (κ3) is 3.29. The molecule has 20 heavy (non-hydrogen) atoms. The van der Waals surface area contributed by atoms with E-state index in [-0.39, 0.29) is 5.13 Å². The predicted octanol–water partition coefficient (Wildman–Crippen LogP) is 4.27. The zero-order valence-corrected chi connectivity index (χ0v) is 11.7. The Morgan fingerprint density at radius 3 is 2.70 bits per heavy atom. The van der Waals surface area contributed by atoms with Crippen LogP contribution in [-0.4, -0.2) is 17.1 Å². The Morgan fingerprint density at radius 2 is 2.10 bits per heavy atom. The number of aromatic nitrogens is 1. The van der Waals surface area contributed by atoms with Gasteiger partial charge in [0.15, 0.2) is 5.13 Å². The number of alkyl halides is 3. The third-order valence-corrected chi connectivity index (χ3v) is 3.49. The highest BCUT2D eigenvalue weighted by atomic mass is 35.5. The lowest BCUT2D eigenvalue weighted by Crippen LogP contribution is -2.29. The van der Waals surface area contributed by atoms with Crippen molar-refractivity contribution in [2.45, 2.75) is 13.1 Å². The molecule has 0 saturated carbocycles. The van der Waals surface area contributed by atoms with E-state index in [9.17, 15) is 18.0 Å². The fourth-order valence-corrected chi connectivity index (χ4v) is 2.54. The van der Waals surface area contributed by atoms with Gasteiger partial charge in [-0.2, -0.15) is 13.2 Å². The molecule has 3 nitrogen and oxygen atoms in total. The molecular weight excluding hydrogens is 313 g/mol. The summed E-state index contributed by atoms with van der Waals surface area (Å²) in [6, 6.07) is 6.78. The molecule has 2 aromatic rings. The molecule has 1 amide bonds. The first-order valence-electron chi connectivity index (χ1n) is 5.39. The van der Waals surface area contributed by atoms with Gasteiger partial charge in [0.2, 0.25) is 0 Å². The van der Waals surface area contributed by atoms with Gasteiger partial charge in [0.05, 0.1) is 5.69 Å². The van der Waals surface area contributed by atoms with Crippen LogP contribution in [-0.2, 0) is 4.79 Å². The molecule has 1 aromatic heterocycles. The van der Waals surface area contributed by atoms with Gasteiger partial charge in [-0.15, -0.1) is 11.3 Å². The summed E-state index contributed by atoms with van der Waals surface area (Å²) in [5, 5.41) is 2.14. The summed E-state index contributed by atoms with van der Waals surface area (Å²) in [4.78, 5) is 15.5. The van der Waals surface area contributed by atoms with Crippen molar-refractivity contribution >= 4 is 34.0 Å². The van der Waals surface area contributed by atoms with E-state index >= 15 is 0 Å². The number of benzene rings is 1. The first kappa shape index (κ1) is 14.8. The van der Waals surface area contributed by atoms with Crippen LogP contribution in [0.4, 0.5) is 18.3 Å². The molecule has 0 fully saturated rings. The molecule has 8 heteroatoms. The number of nitrogens with zero attached hydrogens (tertiary/aromatic N) is 1. The summed E-state index contributed by atoms with van der Waals surface area (Å²) >= 11 is 6.83. The Labute approximate surface area is 121 Å². The van der Waals surface area contributed by atoms with Crippen LogP contribution in [0.2, 0.25) is 5.02 Å². The SMILES string of the molecule is Cc1sc(NC(=O)C(F)(F)F)nc1-c1cccc(Cl)c1. The molecule has 1 heterocycles. The first-order chi connectivity index (χ1) is 9.27. The van der Waals surface area contributed by atoms with Gasteiger partial charge in [-0.05, 0) is 19.1 Å². The molecule has 0 aliphatic heterocycles. The van der Waals surface area contributed by atoms with Gasteiger partial charge in [-0.3, -0.25) is 10.1 Å². The number of carbonyl (C=O) groups excluding carboxylic acids is 1. The van der Waals surface area contributed by atoms with Gasteiger partial charge >= 0.3 is 12.1 Å². The Hall–Kier alpha value is -1.60. The van der Waals surface area contributed by atoms with Gasteiger partial charge in [0.25, 0.3) is 0 Å². The minimum Gasteiger partial charge on any atom is -0.294 e. The maximum Gasteiger partial charge on any atom is 0.471 e. The lowest BCUT2D eigenvalue weighted by molar-refractivity contribution is -0.167. The minimum atomic E-state index is -4.93. The number of rotatable bonds is 2. The van der Waals surface area contributed by atoms with E-state index in [1.165, 1.54) is 0 Å².